The molecule has 0 saturated carbocycles. The van der Waals surface area contributed by atoms with Crippen molar-refractivity contribution in [2.24, 2.45) is 5.14 Å². The first kappa shape index (κ1) is 11.0. The van der Waals surface area contributed by atoms with Crippen LogP contribution in [0.1, 0.15) is 5.56 Å². The summed E-state index contributed by atoms with van der Waals surface area (Å²) < 4.78 is 0. The van der Waals surface area contributed by atoms with Crippen molar-refractivity contribution in [3.63, 3.8) is 0 Å². The number of aromatic nitrogens is 1. The number of hydrogen-bond donors (Lipinski definition) is 2. The third-order valence-electron chi connectivity index (χ3n) is 2.21. The fraction of sp³-hybridized carbons (Fsp3) is 0.0833. The molecule has 0 aliphatic rings. The maximum atomic E-state index is 5.57. The Kier molecular flexibility index (Phi) is 3.44. The van der Waals surface area contributed by atoms with Gasteiger partial charge in [-0.3, -0.25) is 10.1 Å². The van der Waals surface area contributed by atoms with Crippen LogP contribution in [-0.2, 0) is 0 Å². The number of pyridine rings is 1. The lowest BCUT2D eigenvalue weighted by atomic mass is 10.2. The Hall–Kier alpha value is -1.52. The van der Waals surface area contributed by atoms with Gasteiger partial charge in [0.05, 0.1) is 10.6 Å². The van der Waals surface area contributed by atoms with Crippen LogP contribution in [0.5, 0.6) is 0 Å². The van der Waals surface area contributed by atoms with E-state index in [4.69, 9.17) is 5.14 Å². The van der Waals surface area contributed by atoms with Crippen molar-refractivity contribution in [1.82, 2.24) is 4.98 Å². The number of nitrogens with one attached hydrogen (secondary N) is 1. The number of aryl methyl sites for hydroxylation is 1. The van der Waals surface area contributed by atoms with Gasteiger partial charge in [0.2, 0.25) is 0 Å². The van der Waals surface area contributed by atoms with Crippen molar-refractivity contribution in [3.8, 4) is 0 Å². The Morgan fingerprint density at radius 3 is 2.94 bits per heavy atom. The largest absolute Gasteiger partial charge is 0.354 e. The summed E-state index contributed by atoms with van der Waals surface area (Å²) in [5, 5.41) is 8.89. The van der Waals surface area contributed by atoms with Gasteiger partial charge in [-0.1, -0.05) is 12.1 Å². The number of anilines is 2. The highest BCUT2D eigenvalue weighted by Crippen LogP contribution is 2.25. The van der Waals surface area contributed by atoms with E-state index < -0.39 is 0 Å². The Morgan fingerprint density at radius 1 is 1.31 bits per heavy atom. The lowest BCUT2D eigenvalue weighted by Gasteiger charge is -2.09. The molecule has 0 amide bonds. The van der Waals surface area contributed by atoms with Gasteiger partial charge in [0, 0.05) is 18.1 Å². The number of benzene rings is 1. The molecule has 2 rings (SSSR count). The molecule has 0 aliphatic carbocycles. The molecule has 0 bridgehead atoms. The van der Waals surface area contributed by atoms with E-state index in [1.807, 2.05) is 18.2 Å². The van der Waals surface area contributed by atoms with E-state index >= 15 is 0 Å². The van der Waals surface area contributed by atoms with Gasteiger partial charge < -0.3 is 5.32 Å². The number of hydrogen-bond acceptors (Lipinski definition) is 4. The second-order valence-corrected chi connectivity index (χ2v) is 4.16. The highest BCUT2D eigenvalue weighted by Gasteiger charge is 2.01. The minimum Gasteiger partial charge on any atom is -0.354 e. The van der Waals surface area contributed by atoms with E-state index in [0.717, 1.165) is 16.3 Å². The smallest absolute Gasteiger partial charge is 0.0644 e. The van der Waals surface area contributed by atoms with E-state index in [0.29, 0.717) is 0 Å². The van der Waals surface area contributed by atoms with Crippen LogP contribution in [0.25, 0.3) is 0 Å². The molecule has 2 aromatic rings. The van der Waals surface area contributed by atoms with Crippen LogP contribution >= 0.6 is 11.9 Å². The summed E-state index contributed by atoms with van der Waals surface area (Å²) in [6.07, 6.45) is 3.50. The molecular formula is C12H13N3S. The van der Waals surface area contributed by atoms with Crippen LogP contribution in [-0.4, -0.2) is 4.98 Å². The third kappa shape index (κ3) is 2.53. The first-order chi connectivity index (χ1) is 7.79. The zero-order valence-electron chi connectivity index (χ0n) is 8.97. The van der Waals surface area contributed by atoms with Gasteiger partial charge in [0.1, 0.15) is 0 Å². The van der Waals surface area contributed by atoms with Crippen LogP contribution in [0, 0.1) is 6.92 Å². The average Bonchev–Trinajstić information content (AvgIpc) is 2.30. The van der Waals surface area contributed by atoms with Crippen molar-refractivity contribution >= 4 is 23.3 Å². The number of nitrogens with zero attached hydrogens (tertiary/aromatic N) is 1. The zero-order valence-corrected chi connectivity index (χ0v) is 9.79. The second-order valence-electron chi connectivity index (χ2n) is 3.48. The van der Waals surface area contributed by atoms with Crippen molar-refractivity contribution in [2.45, 2.75) is 11.8 Å². The monoisotopic (exact) mass is 231 g/mol. The summed E-state index contributed by atoms with van der Waals surface area (Å²) in [6, 6.07) is 10.1. The lowest BCUT2D eigenvalue weighted by molar-refractivity contribution is 1.23. The van der Waals surface area contributed by atoms with Crippen LogP contribution in [0.3, 0.4) is 0 Å². The maximum absolute atomic E-state index is 5.57. The Balaban J connectivity index is 2.26. The minimum absolute atomic E-state index is 0.934. The van der Waals surface area contributed by atoms with E-state index in [2.05, 4.69) is 29.4 Å². The molecule has 0 radical (unpaired) electrons. The van der Waals surface area contributed by atoms with Gasteiger partial charge in [-0.2, -0.15) is 0 Å². The molecule has 0 spiro atoms. The first-order valence-corrected chi connectivity index (χ1v) is 5.82. The lowest BCUT2D eigenvalue weighted by Crippen LogP contribution is -1.94. The molecule has 1 aromatic heterocycles. The van der Waals surface area contributed by atoms with Gasteiger partial charge in [-0.15, -0.1) is 0 Å². The van der Waals surface area contributed by atoms with Crippen LogP contribution in [0.15, 0.2) is 47.6 Å². The normalized spacial score (nSPS) is 10.1. The summed E-state index contributed by atoms with van der Waals surface area (Å²) in [5.74, 6) is 0. The Labute approximate surface area is 99.2 Å². The molecule has 1 aromatic carbocycles. The van der Waals surface area contributed by atoms with E-state index in [9.17, 15) is 0 Å². The highest BCUT2D eigenvalue weighted by atomic mass is 32.2. The predicted octanol–water partition coefficient (Wildman–Crippen LogP) is 3.10. The summed E-state index contributed by atoms with van der Waals surface area (Å²) >= 11 is 1.19. The van der Waals surface area contributed by atoms with Gasteiger partial charge in [0.25, 0.3) is 0 Å². The molecule has 3 N–H and O–H groups in total. The maximum Gasteiger partial charge on any atom is 0.0644 e. The van der Waals surface area contributed by atoms with E-state index in [-0.39, 0.29) is 0 Å². The first-order valence-electron chi connectivity index (χ1n) is 4.94. The van der Waals surface area contributed by atoms with E-state index in [1.165, 1.54) is 17.5 Å². The molecule has 0 saturated heterocycles. The van der Waals surface area contributed by atoms with Gasteiger partial charge in [0.15, 0.2) is 0 Å². The fourth-order valence-electron chi connectivity index (χ4n) is 1.46. The molecule has 0 unspecified atom stereocenters. The quantitative estimate of drug-likeness (QED) is 0.797. The summed E-state index contributed by atoms with van der Waals surface area (Å²) in [4.78, 5) is 4.97. The summed E-state index contributed by atoms with van der Waals surface area (Å²) in [5.41, 5.74) is 3.26. The number of nitrogens with two attached hydrogens (primary N) is 1. The third-order valence-corrected chi connectivity index (χ3v) is 2.79. The van der Waals surface area contributed by atoms with Crippen LogP contribution in [0.4, 0.5) is 11.4 Å². The van der Waals surface area contributed by atoms with Gasteiger partial charge >= 0.3 is 0 Å². The molecule has 4 heteroatoms. The predicted molar refractivity (Wildman–Crippen MR) is 68.7 cm³/mol. The topological polar surface area (TPSA) is 50.9 Å². The van der Waals surface area contributed by atoms with Crippen LogP contribution < -0.4 is 10.5 Å². The van der Waals surface area contributed by atoms with Gasteiger partial charge in [-0.05, 0) is 42.6 Å². The second kappa shape index (κ2) is 5.01. The molecule has 0 fully saturated rings. The van der Waals surface area contributed by atoms with Crippen molar-refractivity contribution < 1.29 is 0 Å². The average molecular weight is 231 g/mol. The molecule has 1 heterocycles. The van der Waals surface area contributed by atoms with Gasteiger partial charge in [-0.25, -0.2) is 0 Å². The number of rotatable bonds is 3. The zero-order chi connectivity index (χ0) is 11.4. The fourth-order valence-corrected chi connectivity index (χ4v) is 1.82. The molecule has 82 valence electrons. The summed E-state index contributed by atoms with van der Waals surface area (Å²) in [6.45, 7) is 2.07. The molecule has 16 heavy (non-hydrogen) atoms. The van der Waals surface area contributed by atoms with Crippen LogP contribution in [0.2, 0.25) is 0 Å². The standard InChI is InChI=1S/C12H13N3S/c1-9-3-2-4-10(7-9)15-11-5-6-14-8-12(11)16-13/h2-8H,13H2,1H3,(H,14,15). The Bertz CT molecular complexity index is 485. The SMILES string of the molecule is Cc1cccc(Nc2ccncc2SN)c1. The van der Waals surface area contributed by atoms with Crippen molar-refractivity contribution in [2.75, 3.05) is 5.32 Å². The molecular weight excluding hydrogens is 218 g/mol. The molecule has 0 aliphatic heterocycles. The van der Waals surface area contributed by atoms with Crippen molar-refractivity contribution in [3.05, 3.63) is 48.3 Å². The molecule has 3 nitrogen and oxygen atoms in total. The molecule has 0 atom stereocenters. The highest BCUT2D eigenvalue weighted by molar-refractivity contribution is 7.97. The summed E-state index contributed by atoms with van der Waals surface area (Å²) in [7, 11) is 0. The van der Waals surface area contributed by atoms with E-state index in [1.54, 1.807) is 12.4 Å². The Morgan fingerprint density at radius 2 is 2.19 bits per heavy atom. The van der Waals surface area contributed by atoms with Crippen molar-refractivity contribution in [1.29, 1.82) is 0 Å². The minimum atomic E-state index is 0.934.